The van der Waals surface area contributed by atoms with E-state index in [1.165, 1.54) is 6.07 Å². The van der Waals surface area contributed by atoms with Gasteiger partial charge < -0.3 is 5.32 Å². The third-order valence-electron chi connectivity index (χ3n) is 1.80. The smallest absolute Gasteiger partial charge is 0.267 e. The van der Waals surface area contributed by atoms with Crippen LogP contribution in [0, 0.1) is 23.2 Å². The SMILES string of the molecule is Cc1ccc(NC(=O)[C@@H](C#N)N=O)cc1. The maximum atomic E-state index is 11.2. The first-order chi connectivity index (χ1) is 7.17. The first-order valence-corrected chi connectivity index (χ1v) is 4.27. The van der Waals surface area contributed by atoms with Crippen LogP contribution >= 0.6 is 0 Å². The van der Waals surface area contributed by atoms with Gasteiger partial charge in [-0.1, -0.05) is 17.7 Å². The molecule has 76 valence electrons. The fourth-order valence-corrected chi connectivity index (χ4v) is 0.978. The second-order valence-corrected chi connectivity index (χ2v) is 2.99. The minimum absolute atomic E-state index is 0.537. The van der Waals surface area contributed by atoms with Crippen LogP contribution in [0.1, 0.15) is 5.56 Å². The molecule has 0 unspecified atom stereocenters. The van der Waals surface area contributed by atoms with Crippen LogP contribution in [0.25, 0.3) is 0 Å². The molecule has 1 aromatic rings. The van der Waals surface area contributed by atoms with Crippen molar-refractivity contribution in [2.45, 2.75) is 13.0 Å². The number of carbonyl (C=O) groups excluding carboxylic acids is 1. The fraction of sp³-hybridized carbons (Fsp3) is 0.200. The maximum absolute atomic E-state index is 11.2. The highest BCUT2D eigenvalue weighted by atomic mass is 16.3. The zero-order valence-electron chi connectivity index (χ0n) is 8.10. The van der Waals surface area contributed by atoms with Crippen LogP contribution in [-0.2, 0) is 4.79 Å². The number of aryl methyl sites for hydroxylation is 1. The highest BCUT2D eigenvalue weighted by molar-refractivity contribution is 5.96. The zero-order valence-corrected chi connectivity index (χ0v) is 8.10. The molecule has 0 spiro atoms. The van der Waals surface area contributed by atoms with Crippen molar-refractivity contribution in [3.63, 3.8) is 0 Å². The predicted octanol–water partition coefficient (Wildman–Crippen LogP) is 1.59. The summed E-state index contributed by atoms with van der Waals surface area (Å²) >= 11 is 0. The summed E-state index contributed by atoms with van der Waals surface area (Å²) in [4.78, 5) is 21.3. The molecular formula is C10H9N3O2. The van der Waals surface area contributed by atoms with Gasteiger partial charge in [0.1, 0.15) is 6.07 Å². The van der Waals surface area contributed by atoms with E-state index in [9.17, 15) is 9.70 Å². The van der Waals surface area contributed by atoms with Gasteiger partial charge in [-0.3, -0.25) is 4.79 Å². The molecule has 5 heteroatoms. The fourth-order valence-electron chi connectivity index (χ4n) is 0.978. The van der Waals surface area contributed by atoms with E-state index < -0.39 is 11.9 Å². The van der Waals surface area contributed by atoms with Gasteiger partial charge in [0, 0.05) is 5.69 Å². The van der Waals surface area contributed by atoms with Gasteiger partial charge in [-0.15, -0.1) is 4.91 Å². The molecule has 0 aromatic heterocycles. The van der Waals surface area contributed by atoms with Crippen molar-refractivity contribution >= 4 is 11.6 Å². The van der Waals surface area contributed by atoms with Gasteiger partial charge >= 0.3 is 0 Å². The lowest BCUT2D eigenvalue weighted by atomic mass is 10.2. The molecule has 0 bridgehead atoms. The Morgan fingerprint density at radius 2 is 2.07 bits per heavy atom. The Bertz CT molecular complexity index is 406. The highest BCUT2D eigenvalue weighted by Crippen LogP contribution is 2.09. The third-order valence-corrected chi connectivity index (χ3v) is 1.80. The van der Waals surface area contributed by atoms with Crippen LogP contribution in [0.15, 0.2) is 29.4 Å². The molecule has 1 N–H and O–H groups in total. The summed E-state index contributed by atoms with van der Waals surface area (Å²) in [7, 11) is 0. The van der Waals surface area contributed by atoms with Crippen molar-refractivity contribution in [1.29, 1.82) is 5.26 Å². The molecular weight excluding hydrogens is 194 g/mol. The second-order valence-electron chi connectivity index (χ2n) is 2.99. The minimum atomic E-state index is -1.49. The van der Waals surface area contributed by atoms with E-state index in [0.717, 1.165) is 5.56 Å². The lowest BCUT2D eigenvalue weighted by molar-refractivity contribution is -0.116. The molecule has 0 saturated heterocycles. The quantitative estimate of drug-likeness (QED) is 0.757. The van der Waals surface area contributed by atoms with Gasteiger partial charge in [0.05, 0.1) is 0 Å². The number of hydrogen-bond donors (Lipinski definition) is 1. The second kappa shape index (κ2) is 4.86. The molecule has 0 fully saturated rings. The number of benzene rings is 1. The van der Waals surface area contributed by atoms with Gasteiger partial charge in [-0.05, 0) is 24.2 Å². The number of hydrogen-bond acceptors (Lipinski definition) is 4. The van der Waals surface area contributed by atoms with Crippen molar-refractivity contribution in [2.24, 2.45) is 5.18 Å². The summed E-state index contributed by atoms with van der Waals surface area (Å²) < 4.78 is 0. The number of anilines is 1. The summed E-state index contributed by atoms with van der Waals surface area (Å²) in [5.41, 5.74) is 1.59. The van der Waals surface area contributed by atoms with Crippen LogP contribution in [-0.4, -0.2) is 11.9 Å². The van der Waals surface area contributed by atoms with Gasteiger partial charge in [0.15, 0.2) is 0 Å². The first kappa shape index (κ1) is 10.9. The lowest BCUT2D eigenvalue weighted by Gasteiger charge is -2.04. The number of nitrogens with zero attached hydrogens (tertiary/aromatic N) is 2. The van der Waals surface area contributed by atoms with Crippen molar-refractivity contribution < 1.29 is 4.79 Å². The van der Waals surface area contributed by atoms with Crippen molar-refractivity contribution in [3.05, 3.63) is 34.7 Å². The zero-order chi connectivity index (χ0) is 11.3. The molecule has 0 aliphatic heterocycles. The molecule has 15 heavy (non-hydrogen) atoms. The van der Waals surface area contributed by atoms with Crippen LogP contribution < -0.4 is 5.32 Å². The number of carbonyl (C=O) groups is 1. The number of nitriles is 1. The Balaban J connectivity index is 2.71. The van der Waals surface area contributed by atoms with E-state index in [0.29, 0.717) is 5.69 Å². The summed E-state index contributed by atoms with van der Waals surface area (Å²) in [5.74, 6) is -0.712. The number of rotatable bonds is 3. The summed E-state index contributed by atoms with van der Waals surface area (Å²) in [6, 6.07) is 6.99. The Hall–Kier alpha value is -2.22. The van der Waals surface area contributed by atoms with Crippen molar-refractivity contribution in [2.75, 3.05) is 5.32 Å². The Morgan fingerprint density at radius 1 is 1.47 bits per heavy atom. The van der Waals surface area contributed by atoms with Gasteiger partial charge in [0.2, 0.25) is 0 Å². The summed E-state index contributed by atoms with van der Waals surface area (Å²) in [6.07, 6.45) is 0. The maximum Gasteiger partial charge on any atom is 0.267 e. The molecule has 0 radical (unpaired) electrons. The molecule has 0 aliphatic rings. The number of nitroso groups, excluding NO2 is 1. The van der Waals surface area contributed by atoms with Gasteiger partial charge in [-0.2, -0.15) is 5.26 Å². The van der Waals surface area contributed by atoms with E-state index >= 15 is 0 Å². The number of nitrogens with one attached hydrogen (secondary N) is 1. The Morgan fingerprint density at radius 3 is 2.53 bits per heavy atom. The molecule has 1 atom stereocenters. The van der Waals surface area contributed by atoms with Gasteiger partial charge in [-0.25, -0.2) is 0 Å². The molecule has 1 aromatic carbocycles. The van der Waals surface area contributed by atoms with E-state index in [4.69, 9.17) is 5.26 Å². The van der Waals surface area contributed by atoms with Crippen LogP contribution in [0.5, 0.6) is 0 Å². The largest absolute Gasteiger partial charge is 0.323 e. The Labute approximate surface area is 86.7 Å². The average Bonchev–Trinajstić information content (AvgIpc) is 2.23. The third kappa shape index (κ3) is 2.88. The average molecular weight is 203 g/mol. The van der Waals surface area contributed by atoms with E-state index in [1.807, 2.05) is 19.1 Å². The van der Waals surface area contributed by atoms with E-state index in [-0.39, 0.29) is 0 Å². The van der Waals surface area contributed by atoms with Gasteiger partial charge in [0.25, 0.3) is 11.9 Å². The molecule has 0 aliphatic carbocycles. The van der Waals surface area contributed by atoms with Crippen LogP contribution in [0.2, 0.25) is 0 Å². The van der Waals surface area contributed by atoms with E-state index in [2.05, 4.69) is 10.5 Å². The van der Waals surface area contributed by atoms with Crippen LogP contribution in [0.3, 0.4) is 0 Å². The molecule has 5 nitrogen and oxygen atoms in total. The van der Waals surface area contributed by atoms with E-state index in [1.54, 1.807) is 12.1 Å². The summed E-state index contributed by atoms with van der Waals surface area (Å²) in [6.45, 7) is 1.91. The molecule has 0 heterocycles. The molecule has 1 amide bonds. The van der Waals surface area contributed by atoms with Crippen LogP contribution in [0.4, 0.5) is 5.69 Å². The predicted molar refractivity (Wildman–Crippen MR) is 55.0 cm³/mol. The standard InChI is InChI=1S/C10H9N3O2/c1-7-2-4-8(5-3-7)12-10(14)9(6-11)13-15/h2-5,9H,1H3,(H,12,14)/t9-/m1/s1. The van der Waals surface area contributed by atoms with Crippen molar-refractivity contribution in [1.82, 2.24) is 0 Å². The summed E-state index contributed by atoms with van der Waals surface area (Å²) in [5, 5.41) is 13.2. The first-order valence-electron chi connectivity index (χ1n) is 4.27. The Kier molecular flexibility index (Phi) is 3.52. The normalized spacial score (nSPS) is 11.2. The monoisotopic (exact) mass is 203 g/mol. The van der Waals surface area contributed by atoms with Crippen molar-refractivity contribution in [3.8, 4) is 6.07 Å². The molecule has 1 rings (SSSR count). The number of amides is 1. The lowest BCUT2D eigenvalue weighted by Crippen LogP contribution is -2.24. The highest BCUT2D eigenvalue weighted by Gasteiger charge is 2.17. The minimum Gasteiger partial charge on any atom is -0.323 e. The topological polar surface area (TPSA) is 82.3 Å². The molecule has 0 saturated carbocycles.